The quantitative estimate of drug-likeness (QED) is 0.864. The molecule has 1 aliphatic rings. The summed E-state index contributed by atoms with van der Waals surface area (Å²) in [4.78, 5) is 6.83. The molecule has 8 heteroatoms. The molecule has 2 unspecified atom stereocenters. The van der Waals surface area contributed by atoms with Gasteiger partial charge in [0, 0.05) is 25.3 Å². The highest BCUT2D eigenvalue weighted by Gasteiger charge is 2.36. The smallest absolute Gasteiger partial charge is 0.244 e. The van der Waals surface area contributed by atoms with E-state index in [0.717, 1.165) is 5.56 Å². The van der Waals surface area contributed by atoms with Crippen molar-refractivity contribution in [3.63, 3.8) is 0 Å². The van der Waals surface area contributed by atoms with Gasteiger partial charge in [-0.1, -0.05) is 31.1 Å². The minimum atomic E-state index is -3.20. The molecule has 1 N–H and O–H groups in total. The second kappa shape index (κ2) is 6.86. The second-order valence-electron chi connectivity index (χ2n) is 6.90. The fourth-order valence-electron chi connectivity index (χ4n) is 3.00. The summed E-state index contributed by atoms with van der Waals surface area (Å²) < 4.78 is 28.5. The Kier molecular flexibility index (Phi) is 4.95. The number of aliphatic hydroxyl groups excluding tert-OH is 1. The number of aromatic nitrogens is 2. The fourth-order valence-corrected chi connectivity index (χ4v) is 3.64. The van der Waals surface area contributed by atoms with E-state index < -0.39 is 15.9 Å². The maximum absolute atomic E-state index is 11.6. The number of sulfone groups is 1. The highest BCUT2D eigenvalue weighted by Crippen LogP contribution is 2.33. The molecule has 25 heavy (non-hydrogen) atoms. The van der Waals surface area contributed by atoms with E-state index in [1.54, 1.807) is 24.3 Å². The van der Waals surface area contributed by atoms with Crippen molar-refractivity contribution in [1.29, 1.82) is 0 Å². The number of aliphatic hydroxyl groups is 1. The van der Waals surface area contributed by atoms with Crippen molar-refractivity contribution in [3.8, 4) is 0 Å². The minimum absolute atomic E-state index is 0.135. The minimum Gasteiger partial charge on any atom is -0.392 e. The Morgan fingerprint density at radius 3 is 2.56 bits per heavy atom. The van der Waals surface area contributed by atoms with Gasteiger partial charge in [-0.25, -0.2) is 8.42 Å². The molecule has 1 aliphatic heterocycles. The lowest BCUT2D eigenvalue weighted by molar-refractivity contribution is 0.169. The summed E-state index contributed by atoms with van der Waals surface area (Å²) >= 11 is 0. The maximum Gasteiger partial charge on any atom is 0.244 e. The van der Waals surface area contributed by atoms with Crippen molar-refractivity contribution >= 4 is 9.84 Å². The average Bonchev–Trinajstić information content (AvgIpc) is 3.13. The second-order valence-corrected chi connectivity index (χ2v) is 8.91. The average molecular weight is 365 g/mol. The Balaban J connectivity index is 1.77. The van der Waals surface area contributed by atoms with Crippen LogP contribution in [-0.2, 0) is 16.4 Å². The molecule has 2 aromatic rings. The van der Waals surface area contributed by atoms with Gasteiger partial charge in [-0.2, -0.15) is 4.98 Å². The summed E-state index contributed by atoms with van der Waals surface area (Å²) in [5, 5.41) is 14.1. The lowest BCUT2D eigenvalue weighted by Crippen LogP contribution is -2.24. The molecule has 0 spiro atoms. The Bertz CT molecular complexity index is 830. The molecule has 2 heterocycles. The summed E-state index contributed by atoms with van der Waals surface area (Å²) in [6.07, 6.45) is 1.28. The van der Waals surface area contributed by atoms with Crippen molar-refractivity contribution < 1.29 is 18.0 Å². The van der Waals surface area contributed by atoms with Gasteiger partial charge >= 0.3 is 0 Å². The predicted molar refractivity (Wildman–Crippen MR) is 91.7 cm³/mol. The van der Waals surface area contributed by atoms with Crippen molar-refractivity contribution in [3.05, 3.63) is 41.5 Å². The van der Waals surface area contributed by atoms with Crippen LogP contribution in [0.4, 0.5) is 0 Å². The first-order valence-electron chi connectivity index (χ1n) is 8.28. The fraction of sp³-hybridized carbons (Fsp3) is 0.529. The Hall–Kier alpha value is -1.77. The molecular weight excluding hydrogens is 342 g/mol. The summed E-state index contributed by atoms with van der Waals surface area (Å²) in [5.41, 5.74) is 0.968. The van der Waals surface area contributed by atoms with Crippen LogP contribution in [0, 0.1) is 0 Å². The summed E-state index contributed by atoms with van der Waals surface area (Å²) in [6.45, 7) is 5.08. The topological polar surface area (TPSA) is 96.5 Å². The highest BCUT2D eigenvalue weighted by atomic mass is 32.2. The molecule has 3 rings (SSSR count). The molecule has 1 aromatic carbocycles. The van der Waals surface area contributed by atoms with Gasteiger partial charge in [-0.15, -0.1) is 0 Å². The lowest BCUT2D eigenvalue weighted by atomic mass is 10.1. The van der Waals surface area contributed by atoms with Gasteiger partial charge < -0.3 is 9.63 Å². The molecule has 0 aliphatic carbocycles. The molecule has 0 amide bonds. The number of hydrogen-bond acceptors (Lipinski definition) is 7. The van der Waals surface area contributed by atoms with Gasteiger partial charge in [0.15, 0.2) is 15.7 Å². The molecule has 1 fully saturated rings. The van der Waals surface area contributed by atoms with Crippen molar-refractivity contribution in [2.24, 2.45) is 0 Å². The van der Waals surface area contributed by atoms with E-state index in [9.17, 15) is 13.5 Å². The molecule has 1 saturated heterocycles. The van der Waals surface area contributed by atoms with Crippen LogP contribution in [0.25, 0.3) is 0 Å². The van der Waals surface area contributed by atoms with E-state index >= 15 is 0 Å². The number of likely N-dealkylation sites (tertiary alicyclic amines) is 1. The number of benzene rings is 1. The number of rotatable bonds is 5. The van der Waals surface area contributed by atoms with Crippen molar-refractivity contribution in [2.45, 2.75) is 49.8 Å². The van der Waals surface area contributed by atoms with Crippen LogP contribution in [-0.4, -0.2) is 47.5 Å². The largest absolute Gasteiger partial charge is 0.392 e. The van der Waals surface area contributed by atoms with Gasteiger partial charge in [-0.05, 0) is 24.1 Å². The maximum atomic E-state index is 11.6. The van der Waals surface area contributed by atoms with E-state index in [2.05, 4.69) is 15.0 Å². The van der Waals surface area contributed by atoms with Gasteiger partial charge in [0.2, 0.25) is 5.89 Å². The monoisotopic (exact) mass is 365 g/mol. The first kappa shape index (κ1) is 18.0. The third kappa shape index (κ3) is 4.08. The first-order valence-corrected chi connectivity index (χ1v) is 10.2. The van der Waals surface area contributed by atoms with E-state index in [1.165, 1.54) is 6.26 Å². The standard InChI is InChI=1S/C17H23N3O4S/c1-11(2)16-18-17(24-19-16)15-8-13(21)10-20(15)9-12-4-6-14(7-5-12)25(3,22)23/h4-7,11,13,15,21H,8-10H2,1-3H3. The molecule has 1 aromatic heterocycles. The molecule has 7 nitrogen and oxygen atoms in total. The zero-order valence-corrected chi connectivity index (χ0v) is 15.4. The number of hydrogen-bond donors (Lipinski definition) is 1. The van der Waals surface area contributed by atoms with E-state index in [-0.39, 0.29) is 12.0 Å². The normalized spacial score (nSPS) is 22.0. The SMILES string of the molecule is CC(C)c1noc(C2CC(O)CN2Cc2ccc(S(C)(=O)=O)cc2)n1. The van der Waals surface area contributed by atoms with Crippen LogP contribution in [0.15, 0.2) is 33.7 Å². The Morgan fingerprint density at radius 1 is 1.32 bits per heavy atom. The molecule has 0 saturated carbocycles. The van der Waals surface area contributed by atoms with Crippen molar-refractivity contribution in [1.82, 2.24) is 15.0 Å². The van der Waals surface area contributed by atoms with E-state index in [4.69, 9.17) is 4.52 Å². The Labute approximate surface area is 147 Å². The van der Waals surface area contributed by atoms with Gasteiger partial charge in [0.25, 0.3) is 0 Å². The van der Waals surface area contributed by atoms with Crippen LogP contribution < -0.4 is 0 Å². The molecule has 2 atom stereocenters. The molecular formula is C17H23N3O4S. The molecule has 0 radical (unpaired) electrons. The highest BCUT2D eigenvalue weighted by molar-refractivity contribution is 7.90. The predicted octanol–water partition coefficient (Wildman–Crippen LogP) is 1.90. The van der Waals surface area contributed by atoms with Gasteiger partial charge in [-0.3, -0.25) is 4.90 Å². The van der Waals surface area contributed by atoms with E-state index in [0.29, 0.717) is 36.1 Å². The summed E-state index contributed by atoms with van der Waals surface area (Å²) in [5.74, 6) is 1.36. The number of β-amino-alcohol motifs (C(OH)–C–C–N with tert-alkyl or cyclic N) is 1. The summed E-state index contributed by atoms with van der Waals surface area (Å²) in [7, 11) is -3.20. The third-order valence-corrected chi connectivity index (χ3v) is 5.51. The van der Waals surface area contributed by atoms with E-state index in [1.807, 2.05) is 13.8 Å². The zero-order valence-electron chi connectivity index (χ0n) is 14.6. The summed E-state index contributed by atoms with van der Waals surface area (Å²) in [6, 6.07) is 6.67. The zero-order chi connectivity index (χ0) is 18.2. The number of nitrogens with zero attached hydrogens (tertiary/aromatic N) is 3. The lowest BCUT2D eigenvalue weighted by Gasteiger charge is -2.21. The third-order valence-electron chi connectivity index (χ3n) is 4.38. The van der Waals surface area contributed by atoms with Crippen LogP contribution in [0.5, 0.6) is 0 Å². The van der Waals surface area contributed by atoms with Crippen LogP contribution in [0.1, 0.15) is 49.5 Å². The van der Waals surface area contributed by atoms with Crippen LogP contribution >= 0.6 is 0 Å². The first-order chi connectivity index (χ1) is 11.7. The van der Waals surface area contributed by atoms with Crippen LogP contribution in [0.2, 0.25) is 0 Å². The molecule has 136 valence electrons. The Morgan fingerprint density at radius 2 is 2.00 bits per heavy atom. The van der Waals surface area contributed by atoms with Crippen molar-refractivity contribution in [2.75, 3.05) is 12.8 Å². The van der Waals surface area contributed by atoms with Gasteiger partial charge in [0.1, 0.15) is 0 Å². The van der Waals surface area contributed by atoms with Crippen LogP contribution in [0.3, 0.4) is 0 Å². The van der Waals surface area contributed by atoms with Gasteiger partial charge in [0.05, 0.1) is 17.0 Å². The molecule has 0 bridgehead atoms.